The number of hydrogen-bond donors (Lipinski definition) is 2. The lowest BCUT2D eigenvalue weighted by atomic mass is 10.0. The minimum absolute atomic E-state index is 0.183. The summed E-state index contributed by atoms with van der Waals surface area (Å²) in [4.78, 5) is 24.4. The van der Waals surface area contributed by atoms with Gasteiger partial charge in [0.25, 0.3) is 0 Å². The first kappa shape index (κ1) is 14.0. The first-order valence-corrected chi connectivity index (χ1v) is 6.27. The molecule has 1 amide bonds. The van der Waals surface area contributed by atoms with Gasteiger partial charge >= 0.3 is 5.97 Å². The number of carbonyl (C=O) groups is 2. The highest BCUT2D eigenvalue weighted by atomic mass is 16.4. The molecule has 1 rings (SSSR count). The highest BCUT2D eigenvalue weighted by Crippen LogP contribution is 2.16. The van der Waals surface area contributed by atoms with Crippen molar-refractivity contribution in [3.8, 4) is 0 Å². The zero-order valence-electron chi connectivity index (χ0n) is 10.6. The maximum Gasteiger partial charge on any atom is 0.325 e. The predicted octanol–water partition coefficient (Wildman–Crippen LogP) is 0.840. The smallest absolute Gasteiger partial charge is 0.325 e. The first-order valence-electron chi connectivity index (χ1n) is 6.27. The minimum atomic E-state index is -0.996. The summed E-state index contributed by atoms with van der Waals surface area (Å²) in [5, 5.41) is 11.1. The third-order valence-corrected chi connectivity index (χ3v) is 3.31. The molecule has 1 heterocycles. The number of piperidine rings is 1. The van der Waals surface area contributed by atoms with Crippen LogP contribution in [-0.2, 0) is 9.59 Å². The van der Waals surface area contributed by atoms with Crippen LogP contribution in [0.15, 0.2) is 0 Å². The van der Waals surface area contributed by atoms with Gasteiger partial charge in [-0.3, -0.25) is 9.59 Å². The fraction of sp³-hybridized carbons (Fsp3) is 0.833. The number of nitrogens with zero attached hydrogens (tertiary/aromatic N) is 1. The van der Waals surface area contributed by atoms with Gasteiger partial charge in [-0.05, 0) is 33.2 Å². The lowest BCUT2D eigenvalue weighted by Gasteiger charge is -2.33. The van der Waals surface area contributed by atoms with E-state index in [2.05, 4.69) is 17.1 Å². The second-order valence-electron chi connectivity index (χ2n) is 4.76. The number of rotatable bonds is 5. The number of hydrogen-bond acceptors (Lipinski definition) is 3. The number of nitrogens with one attached hydrogen (secondary N) is 1. The Hall–Kier alpha value is -1.10. The molecule has 1 saturated heterocycles. The SMILES string of the molecule is CC(NC(=O)CCN1CCCCC1C)C(=O)O. The van der Waals surface area contributed by atoms with Crippen molar-refractivity contribution in [2.75, 3.05) is 13.1 Å². The van der Waals surface area contributed by atoms with Crippen LogP contribution in [0.4, 0.5) is 0 Å². The van der Waals surface area contributed by atoms with Crippen molar-refractivity contribution in [1.82, 2.24) is 10.2 Å². The topological polar surface area (TPSA) is 69.6 Å². The lowest BCUT2D eigenvalue weighted by molar-refractivity contribution is -0.141. The Morgan fingerprint density at radius 3 is 2.76 bits per heavy atom. The van der Waals surface area contributed by atoms with Crippen LogP contribution >= 0.6 is 0 Å². The summed E-state index contributed by atoms with van der Waals surface area (Å²) in [7, 11) is 0. The summed E-state index contributed by atoms with van der Waals surface area (Å²) in [6.45, 7) is 5.42. The molecule has 1 aliphatic rings. The Morgan fingerprint density at radius 1 is 1.47 bits per heavy atom. The number of aliphatic carboxylic acids is 1. The molecule has 0 spiro atoms. The summed E-state index contributed by atoms with van der Waals surface area (Å²) in [6.07, 6.45) is 4.02. The molecule has 1 aliphatic heterocycles. The molecular weight excluding hydrogens is 220 g/mol. The summed E-state index contributed by atoms with van der Waals surface area (Å²) >= 11 is 0. The molecule has 0 bridgehead atoms. The summed E-state index contributed by atoms with van der Waals surface area (Å²) in [6, 6.07) is -0.269. The molecule has 2 N–H and O–H groups in total. The zero-order valence-corrected chi connectivity index (χ0v) is 10.6. The van der Waals surface area contributed by atoms with Gasteiger partial charge in [0, 0.05) is 19.0 Å². The number of carboxylic acid groups (broad SMARTS) is 1. The van der Waals surface area contributed by atoms with Crippen molar-refractivity contribution >= 4 is 11.9 Å². The minimum Gasteiger partial charge on any atom is -0.480 e. The van der Waals surface area contributed by atoms with Gasteiger partial charge in [-0.25, -0.2) is 0 Å². The maximum atomic E-state index is 11.5. The van der Waals surface area contributed by atoms with Gasteiger partial charge in [0.15, 0.2) is 0 Å². The molecule has 1 fully saturated rings. The maximum absolute atomic E-state index is 11.5. The van der Waals surface area contributed by atoms with Crippen molar-refractivity contribution in [3.63, 3.8) is 0 Å². The monoisotopic (exact) mass is 242 g/mol. The number of amides is 1. The van der Waals surface area contributed by atoms with Crippen molar-refractivity contribution < 1.29 is 14.7 Å². The molecule has 0 aliphatic carbocycles. The van der Waals surface area contributed by atoms with Crippen molar-refractivity contribution in [2.45, 2.75) is 51.6 Å². The van der Waals surface area contributed by atoms with E-state index in [1.807, 2.05) is 0 Å². The van der Waals surface area contributed by atoms with Crippen LogP contribution in [0.1, 0.15) is 39.5 Å². The standard InChI is InChI=1S/C12H22N2O3/c1-9-5-3-4-7-14(9)8-6-11(15)13-10(2)12(16)17/h9-10H,3-8H2,1-2H3,(H,13,15)(H,16,17). The molecular formula is C12H22N2O3. The fourth-order valence-corrected chi connectivity index (χ4v) is 2.11. The van der Waals surface area contributed by atoms with Crippen LogP contribution in [0.2, 0.25) is 0 Å². The van der Waals surface area contributed by atoms with E-state index in [9.17, 15) is 9.59 Å². The van der Waals surface area contributed by atoms with E-state index in [0.29, 0.717) is 12.5 Å². The largest absolute Gasteiger partial charge is 0.480 e. The Kier molecular flexibility index (Phi) is 5.41. The van der Waals surface area contributed by atoms with E-state index in [4.69, 9.17) is 5.11 Å². The molecule has 0 aromatic heterocycles. The second-order valence-corrected chi connectivity index (χ2v) is 4.76. The van der Waals surface area contributed by atoms with E-state index >= 15 is 0 Å². The molecule has 0 aromatic carbocycles. The highest BCUT2D eigenvalue weighted by molar-refractivity contribution is 5.83. The van der Waals surface area contributed by atoms with Crippen molar-refractivity contribution in [2.24, 2.45) is 0 Å². The van der Waals surface area contributed by atoms with Gasteiger partial charge in [-0.2, -0.15) is 0 Å². The van der Waals surface area contributed by atoms with E-state index in [1.165, 1.54) is 26.2 Å². The second kappa shape index (κ2) is 6.59. The number of carbonyl (C=O) groups excluding carboxylic acids is 1. The van der Waals surface area contributed by atoms with E-state index in [1.54, 1.807) is 0 Å². The van der Waals surface area contributed by atoms with E-state index in [-0.39, 0.29) is 5.91 Å². The predicted molar refractivity (Wildman–Crippen MR) is 64.7 cm³/mol. The molecule has 0 saturated carbocycles. The van der Waals surface area contributed by atoms with E-state index < -0.39 is 12.0 Å². The lowest BCUT2D eigenvalue weighted by Crippen LogP contribution is -2.42. The average molecular weight is 242 g/mol. The van der Waals surface area contributed by atoms with Crippen LogP contribution < -0.4 is 5.32 Å². The molecule has 0 aromatic rings. The third-order valence-electron chi connectivity index (χ3n) is 3.31. The van der Waals surface area contributed by atoms with E-state index in [0.717, 1.165) is 13.1 Å². The fourth-order valence-electron chi connectivity index (χ4n) is 2.11. The quantitative estimate of drug-likeness (QED) is 0.749. The van der Waals surface area contributed by atoms with Gasteiger partial charge in [0.2, 0.25) is 5.91 Å². The molecule has 5 heteroatoms. The third kappa shape index (κ3) is 4.73. The average Bonchev–Trinajstić information content (AvgIpc) is 2.27. The molecule has 2 unspecified atom stereocenters. The van der Waals surface area contributed by atoms with Crippen LogP contribution in [0.25, 0.3) is 0 Å². The molecule has 0 radical (unpaired) electrons. The van der Waals surface area contributed by atoms with Gasteiger partial charge < -0.3 is 15.3 Å². The summed E-state index contributed by atoms with van der Waals surface area (Å²) in [5.74, 6) is -1.18. The van der Waals surface area contributed by atoms with Crippen LogP contribution in [0.3, 0.4) is 0 Å². The van der Waals surface area contributed by atoms with Gasteiger partial charge in [-0.1, -0.05) is 6.42 Å². The molecule has 98 valence electrons. The van der Waals surface area contributed by atoms with Crippen LogP contribution in [0, 0.1) is 0 Å². The van der Waals surface area contributed by atoms with Crippen LogP contribution in [-0.4, -0.2) is 47.1 Å². The number of carboxylic acids is 1. The van der Waals surface area contributed by atoms with Gasteiger partial charge in [0.1, 0.15) is 6.04 Å². The molecule has 5 nitrogen and oxygen atoms in total. The zero-order chi connectivity index (χ0) is 12.8. The Balaban J connectivity index is 2.25. The first-order chi connectivity index (χ1) is 8.00. The Morgan fingerprint density at radius 2 is 2.18 bits per heavy atom. The highest BCUT2D eigenvalue weighted by Gasteiger charge is 2.19. The van der Waals surface area contributed by atoms with Crippen LogP contribution in [0.5, 0.6) is 0 Å². The molecule has 17 heavy (non-hydrogen) atoms. The van der Waals surface area contributed by atoms with Crippen molar-refractivity contribution in [3.05, 3.63) is 0 Å². The van der Waals surface area contributed by atoms with Crippen molar-refractivity contribution in [1.29, 1.82) is 0 Å². The van der Waals surface area contributed by atoms with Gasteiger partial charge in [0.05, 0.1) is 0 Å². The van der Waals surface area contributed by atoms with Gasteiger partial charge in [-0.15, -0.1) is 0 Å². The Bertz CT molecular complexity index is 281. The Labute approximate surface area is 102 Å². The summed E-state index contributed by atoms with van der Waals surface area (Å²) < 4.78 is 0. The normalized spacial score (nSPS) is 23.1. The molecule has 2 atom stereocenters. The number of likely N-dealkylation sites (tertiary alicyclic amines) is 1. The summed E-state index contributed by atoms with van der Waals surface area (Å²) in [5.41, 5.74) is 0.